The number of hydrogen-bond donors (Lipinski definition) is 0. The first-order valence-electron chi connectivity index (χ1n) is 3.74. The average molecular weight is 182 g/mol. The number of carbonyl (C=O) groups excluding carboxylic acids is 1. The molecule has 1 rings (SSSR count). The van der Waals surface area contributed by atoms with Crippen molar-refractivity contribution in [2.45, 2.75) is 20.0 Å². The minimum absolute atomic E-state index is 0.189. The molecular weight excluding hydrogens is 174 g/mol. The first-order chi connectivity index (χ1) is 6.20. The predicted molar refractivity (Wildman–Crippen MR) is 43.3 cm³/mol. The van der Waals surface area contributed by atoms with Crippen LogP contribution in [0.5, 0.6) is 0 Å². The number of aryl methyl sites for hydroxylation is 1. The molecule has 0 atom stereocenters. The van der Waals surface area contributed by atoms with Gasteiger partial charge in [0.15, 0.2) is 0 Å². The molecule has 1 aromatic rings. The number of aldehydes is 1. The van der Waals surface area contributed by atoms with Crippen LogP contribution in [0.3, 0.4) is 0 Å². The zero-order valence-electron chi connectivity index (χ0n) is 7.06. The summed E-state index contributed by atoms with van der Waals surface area (Å²) in [5, 5.41) is 3.56. The fraction of sp³-hybridized carbons (Fsp3) is 0.429. The van der Waals surface area contributed by atoms with Gasteiger partial charge in [-0.1, -0.05) is 0 Å². The molecule has 0 aliphatic rings. The van der Waals surface area contributed by atoms with Crippen molar-refractivity contribution in [1.82, 2.24) is 14.3 Å². The molecule has 13 heavy (non-hydrogen) atoms. The van der Waals surface area contributed by atoms with Gasteiger partial charge in [-0.3, -0.25) is 14.2 Å². The Kier molecular flexibility index (Phi) is 2.73. The minimum atomic E-state index is -0.774. The summed E-state index contributed by atoms with van der Waals surface area (Å²) in [5.74, 6) is 0. The SMILES string of the molecule is CCn1n[c]n(CC=O)c(=O)c1=O. The van der Waals surface area contributed by atoms with Crippen molar-refractivity contribution in [2.24, 2.45) is 0 Å². The van der Waals surface area contributed by atoms with E-state index in [0.29, 0.717) is 12.8 Å². The minimum Gasteiger partial charge on any atom is -0.301 e. The maximum atomic E-state index is 11.1. The number of rotatable bonds is 3. The van der Waals surface area contributed by atoms with Gasteiger partial charge in [0.05, 0.1) is 6.54 Å². The summed E-state index contributed by atoms with van der Waals surface area (Å²) in [6.45, 7) is 1.81. The van der Waals surface area contributed by atoms with Gasteiger partial charge in [0, 0.05) is 6.54 Å². The maximum absolute atomic E-state index is 11.1. The molecule has 1 heterocycles. The highest BCUT2D eigenvalue weighted by Crippen LogP contribution is 1.71. The molecule has 0 aromatic carbocycles. The standard InChI is InChI=1S/C7H8N3O3/c1-2-10-7(13)6(12)9(3-4-11)5-8-10/h4H,2-3H2,1H3. The van der Waals surface area contributed by atoms with Gasteiger partial charge in [0.25, 0.3) is 0 Å². The second-order valence-corrected chi connectivity index (χ2v) is 2.30. The van der Waals surface area contributed by atoms with Gasteiger partial charge in [-0.25, -0.2) is 4.68 Å². The normalized spacial score (nSPS) is 9.92. The van der Waals surface area contributed by atoms with Gasteiger partial charge in [-0.05, 0) is 6.92 Å². The third kappa shape index (κ3) is 1.71. The van der Waals surface area contributed by atoms with Crippen LogP contribution in [0.25, 0.3) is 0 Å². The molecule has 0 aliphatic heterocycles. The number of aromatic nitrogens is 3. The van der Waals surface area contributed by atoms with Crippen molar-refractivity contribution in [3.8, 4) is 0 Å². The van der Waals surface area contributed by atoms with Crippen LogP contribution in [-0.4, -0.2) is 20.6 Å². The van der Waals surface area contributed by atoms with E-state index >= 15 is 0 Å². The van der Waals surface area contributed by atoms with E-state index in [1.165, 1.54) is 0 Å². The molecular formula is C7H8N3O3. The highest BCUT2D eigenvalue weighted by molar-refractivity contribution is 5.48. The van der Waals surface area contributed by atoms with Gasteiger partial charge in [0.2, 0.25) is 6.33 Å². The highest BCUT2D eigenvalue weighted by Gasteiger charge is 2.03. The zero-order chi connectivity index (χ0) is 9.84. The Morgan fingerprint density at radius 1 is 1.46 bits per heavy atom. The van der Waals surface area contributed by atoms with Crippen molar-refractivity contribution in [2.75, 3.05) is 0 Å². The zero-order valence-corrected chi connectivity index (χ0v) is 7.06. The van der Waals surface area contributed by atoms with Gasteiger partial charge >= 0.3 is 11.1 Å². The Balaban J connectivity index is 3.32. The smallest absolute Gasteiger partial charge is 0.301 e. The molecule has 0 saturated heterocycles. The summed E-state index contributed by atoms with van der Waals surface area (Å²) in [6, 6.07) is 0. The Morgan fingerprint density at radius 2 is 2.15 bits per heavy atom. The maximum Gasteiger partial charge on any atom is 0.332 e. The molecule has 0 fully saturated rings. The number of nitrogens with zero attached hydrogens (tertiary/aromatic N) is 3. The number of carbonyl (C=O) groups is 1. The molecule has 0 saturated carbocycles. The molecule has 6 heteroatoms. The van der Waals surface area contributed by atoms with Crippen LogP contribution in [0.2, 0.25) is 0 Å². The van der Waals surface area contributed by atoms with Crippen LogP contribution in [0.15, 0.2) is 9.59 Å². The van der Waals surface area contributed by atoms with E-state index in [2.05, 4.69) is 11.4 Å². The van der Waals surface area contributed by atoms with Crippen LogP contribution in [0.1, 0.15) is 6.92 Å². The molecule has 69 valence electrons. The predicted octanol–water partition coefficient (Wildman–Crippen LogP) is -1.58. The third-order valence-electron chi connectivity index (χ3n) is 1.51. The summed E-state index contributed by atoms with van der Waals surface area (Å²) in [4.78, 5) is 32.3. The van der Waals surface area contributed by atoms with E-state index < -0.39 is 11.1 Å². The lowest BCUT2D eigenvalue weighted by Crippen LogP contribution is -2.42. The van der Waals surface area contributed by atoms with Crippen molar-refractivity contribution in [3.05, 3.63) is 27.0 Å². The molecule has 0 aliphatic carbocycles. The van der Waals surface area contributed by atoms with Crippen molar-refractivity contribution < 1.29 is 4.79 Å². The lowest BCUT2D eigenvalue weighted by molar-refractivity contribution is -0.108. The lowest BCUT2D eigenvalue weighted by Gasteiger charge is -2.00. The number of hydrogen-bond acceptors (Lipinski definition) is 4. The first kappa shape index (κ1) is 9.37. The molecule has 0 spiro atoms. The fourth-order valence-electron chi connectivity index (χ4n) is 0.837. The molecule has 0 unspecified atom stereocenters. The van der Waals surface area contributed by atoms with Gasteiger partial charge in [-0.2, -0.15) is 0 Å². The largest absolute Gasteiger partial charge is 0.332 e. The van der Waals surface area contributed by atoms with E-state index in [9.17, 15) is 14.4 Å². The summed E-state index contributed by atoms with van der Waals surface area (Å²) in [7, 11) is 0. The quantitative estimate of drug-likeness (QED) is 0.418. The van der Waals surface area contributed by atoms with Crippen LogP contribution in [-0.2, 0) is 17.9 Å². The first-order valence-corrected chi connectivity index (χ1v) is 3.74. The molecule has 0 bridgehead atoms. The fourth-order valence-corrected chi connectivity index (χ4v) is 0.837. The summed E-state index contributed by atoms with van der Waals surface area (Å²) in [5.41, 5.74) is -1.51. The van der Waals surface area contributed by atoms with E-state index in [4.69, 9.17) is 0 Å². The van der Waals surface area contributed by atoms with Gasteiger partial charge in [-0.15, -0.1) is 5.10 Å². The highest BCUT2D eigenvalue weighted by atomic mass is 16.2. The Labute approximate surface area is 73.4 Å². The van der Waals surface area contributed by atoms with Crippen LogP contribution in [0, 0.1) is 6.33 Å². The molecule has 1 aromatic heterocycles. The third-order valence-corrected chi connectivity index (χ3v) is 1.51. The van der Waals surface area contributed by atoms with Crippen LogP contribution < -0.4 is 11.1 Å². The topological polar surface area (TPSA) is 74.0 Å². The lowest BCUT2D eigenvalue weighted by atomic mass is 10.6. The monoisotopic (exact) mass is 182 g/mol. The average Bonchev–Trinajstić information content (AvgIpc) is 2.14. The molecule has 1 radical (unpaired) electrons. The summed E-state index contributed by atoms with van der Waals surface area (Å²) >= 11 is 0. The molecule has 0 amide bonds. The van der Waals surface area contributed by atoms with E-state index in [-0.39, 0.29) is 6.54 Å². The van der Waals surface area contributed by atoms with E-state index in [1.807, 2.05) is 0 Å². The van der Waals surface area contributed by atoms with E-state index in [1.54, 1.807) is 6.92 Å². The van der Waals surface area contributed by atoms with Crippen molar-refractivity contribution in [1.29, 1.82) is 0 Å². The summed E-state index contributed by atoms with van der Waals surface area (Å²) < 4.78 is 1.84. The Bertz CT molecular complexity index is 418. The van der Waals surface area contributed by atoms with Gasteiger partial charge < -0.3 is 4.79 Å². The Morgan fingerprint density at radius 3 is 2.69 bits per heavy atom. The van der Waals surface area contributed by atoms with Gasteiger partial charge in [0.1, 0.15) is 6.29 Å². The second kappa shape index (κ2) is 3.79. The van der Waals surface area contributed by atoms with Crippen LogP contribution in [0.4, 0.5) is 0 Å². The van der Waals surface area contributed by atoms with Crippen molar-refractivity contribution >= 4 is 6.29 Å². The molecule has 0 N–H and O–H groups in total. The van der Waals surface area contributed by atoms with E-state index in [0.717, 1.165) is 9.25 Å². The Hall–Kier alpha value is -1.72. The second-order valence-electron chi connectivity index (χ2n) is 2.30. The van der Waals surface area contributed by atoms with Crippen molar-refractivity contribution in [3.63, 3.8) is 0 Å². The molecule has 6 nitrogen and oxygen atoms in total. The van der Waals surface area contributed by atoms with Crippen LogP contribution >= 0.6 is 0 Å². The summed E-state index contributed by atoms with van der Waals surface area (Å²) in [6.07, 6.45) is 2.79.